The number of hydrogen-bond donors (Lipinski definition) is 2. The van der Waals surface area contributed by atoms with Crippen molar-refractivity contribution >= 4 is 58.0 Å². The molecule has 4 aromatic rings. The molecule has 0 bridgehead atoms. The van der Waals surface area contributed by atoms with Crippen LogP contribution >= 0.6 is 0 Å². The van der Waals surface area contributed by atoms with Crippen LogP contribution in [0, 0.1) is 0 Å². The molecule has 0 unspecified atom stereocenters. The number of phenolic OH excluding ortho intramolecular Hbond substituents is 1. The molecule has 0 saturated heterocycles. The van der Waals surface area contributed by atoms with E-state index < -0.39 is 20.2 Å². The summed E-state index contributed by atoms with van der Waals surface area (Å²) >= 11 is 0. The molecule has 0 aromatic heterocycles. The minimum Gasteiger partial charge on any atom is -0.870 e. The Morgan fingerprint density at radius 2 is 0.915 bits per heavy atom. The molecule has 4 aromatic carbocycles. The summed E-state index contributed by atoms with van der Waals surface area (Å²) in [5, 5.41) is 23.1. The van der Waals surface area contributed by atoms with Gasteiger partial charge < -0.3 is 24.2 Å². The Morgan fingerprint density at radius 1 is 0.525 bits per heavy atom. The minimum atomic E-state index is -4.57. The molecule has 0 aliphatic heterocycles. The van der Waals surface area contributed by atoms with Crippen LogP contribution in [-0.2, 0) is 33.1 Å². The molecule has 10 nitrogen and oxygen atoms in total. The van der Waals surface area contributed by atoms with Crippen LogP contribution in [0.5, 0.6) is 34.5 Å². The molecule has 0 amide bonds. The first-order valence-electron chi connectivity index (χ1n) is 20.9. The number of aromatic hydroxyl groups is 1. The predicted octanol–water partition coefficient (Wildman–Crippen LogP) is 11.7. The fourth-order valence-corrected chi connectivity index (χ4v) is 7.61. The smallest absolute Gasteiger partial charge is 0.870 e. The second kappa shape index (κ2) is 28.6. The first-order chi connectivity index (χ1) is 27.8. The molecule has 0 atom stereocenters. The molecular weight excluding hydrogens is 817 g/mol. The number of benzene rings is 4. The molecule has 0 heterocycles. The van der Waals surface area contributed by atoms with Gasteiger partial charge in [-0.15, -0.1) is 0 Å². The van der Waals surface area contributed by atoms with Gasteiger partial charge in [0.2, 0.25) is 0 Å². The Morgan fingerprint density at radius 3 is 1.41 bits per heavy atom. The van der Waals surface area contributed by atoms with Gasteiger partial charge in [-0.2, -0.15) is 8.42 Å². The zero-order chi connectivity index (χ0) is 42.2. The molecule has 0 aliphatic carbocycles. The van der Waals surface area contributed by atoms with E-state index in [1.54, 1.807) is 30.3 Å². The summed E-state index contributed by atoms with van der Waals surface area (Å²) < 4.78 is 76.3. The third-order valence-corrected chi connectivity index (χ3v) is 11.6. The van der Waals surface area contributed by atoms with Gasteiger partial charge in [0.1, 0.15) is 27.4 Å². The molecule has 320 valence electrons. The minimum absolute atomic E-state index is 0. The average molecular weight is 879 g/mol. The maximum Gasteiger partial charge on any atom is 2.00 e. The SMILES string of the molecule is CCCCCCCCCCCc1cccc(Oc2cccc(S(=O)(=O)O)c2)c1O.CCCCCCCCCCCc1cccc(Oc2cccc(S(=O)(=O)[O-])c2)c1[O-].[Ca+2]. The first-order valence-corrected chi connectivity index (χ1v) is 23.8. The number of rotatable bonds is 26. The van der Waals surface area contributed by atoms with Gasteiger partial charge in [-0.1, -0.05) is 164 Å². The number of para-hydroxylation sites is 2. The van der Waals surface area contributed by atoms with Crippen molar-refractivity contribution in [3.05, 3.63) is 96.1 Å². The van der Waals surface area contributed by atoms with Crippen LogP contribution in [0.2, 0.25) is 0 Å². The van der Waals surface area contributed by atoms with Crippen LogP contribution in [0.15, 0.2) is 94.7 Å². The maximum atomic E-state index is 12.6. The Bertz CT molecular complexity index is 1870. The summed E-state index contributed by atoms with van der Waals surface area (Å²) in [7, 11) is -8.88. The summed E-state index contributed by atoms with van der Waals surface area (Å²) in [5.41, 5.74) is 1.51. The molecule has 0 saturated carbocycles. The topological polar surface area (TPSA) is 173 Å². The van der Waals surface area contributed by atoms with Crippen molar-refractivity contribution in [1.82, 2.24) is 0 Å². The summed E-state index contributed by atoms with van der Waals surface area (Å²) in [6, 6.07) is 21.3. The Labute approximate surface area is 383 Å². The molecule has 13 heteroatoms. The van der Waals surface area contributed by atoms with Crippen molar-refractivity contribution in [3.63, 3.8) is 0 Å². The summed E-state index contributed by atoms with van der Waals surface area (Å²) in [4.78, 5) is -0.631. The molecular formula is C46H62CaO10S2. The van der Waals surface area contributed by atoms with Crippen molar-refractivity contribution in [3.8, 4) is 34.5 Å². The molecule has 2 N–H and O–H groups in total. The van der Waals surface area contributed by atoms with E-state index in [1.165, 1.54) is 126 Å². The van der Waals surface area contributed by atoms with Gasteiger partial charge in [-0.3, -0.25) is 4.55 Å². The number of hydrogen-bond acceptors (Lipinski definition) is 9. The van der Waals surface area contributed by atoms with Gasteiger partial charge in [0.25, 0.3) is 10.1 Å². The van der Waals surface area contributed by atoms with Gasteiger partial charge >= 0.3 is 37.7 Å². The quantitative estimate of drug-likeness (QED) is 0.0351. The Hall–Kier alpha value is -2.84. The predicted molar refractivity (Wildman–Crippen MR) is 232 cm³/mol. The van der Waals surface area contributed by atoms with E-state index in [9.17, 15) is 31.6 Å². The van der Waals surface area contributed by atoms with Crippen molar-refractivity contribution in [2.45, 2.75) is 152 Å². The summed E-state index contributed by atoms with van der Waals surface area (Å²) in [6.45, 7) is 4.45. The summed E-state index contributed by atoms with van der Waals surface area (Å²) in [5.74, 6) is 0.673. The second-order valence-corrected chi connectivity index (χ2v) is 17.5. The molecule has 0 spiro atoms. The number of phenols is 1. The fourth-order valence-electron chi connectivity index (χ4n) is 6.59. The average Bonchev–Trinajstić information content (AvgIpc) is 3.19. The molecule has 4 rings (SSSR count). The fraction of sp³-hybridized carbons (Fsp3) is 0.478. The maximum absolute atomic E-state index is 12.6. The number of unbranched alkanes of at least 4 members (excludes halogenated alkanes) is 16. The first kappa shape index (κ1) is 52.3. The van der Waals surface area contributed by atoms with Crippen LogP contribution < -0.4 is 14.6 Å². The van der Waals surface area contributed by atoms with Gasteiger partial charge in [-0.05, 0) is 73.7 Å². The van der Waals surface area contributed by atoms with E-state index in [4.69, 9.17) is 14.0 Å². The number of aryl methyl sites for hydroxylation is 2. The van der Waals surface area contributed by atoms with E-state index in [1.807, 2.05) is 12.1 Å². The van der Waals surface area contributed by atoms with Gasteiger partial charge in [0.15, 0.2) is 11.5 Å². The second-order valence-electron chi connectivity index (χ2n) is 14.7. The van der Waals surface area contributed by atoms with E-state index in [-0.39, 0.29) is 82.0 Å². The molecule has 0 fully saturated rings. The zero-order valence-electron chi connectivity index (χ0n) is 34.9. The van der Waals surface area contributed by atoms with E-state index in [0.717, 1.165) is 43.7 Å². The van der Waals surface area contributed by atoms with E-state index in [2.05, 4.69) is 13.8 Å². The number of ether oxygens (including phenoxy) is 2. The van der Waals surface area contributed by atoms with Crippen LogP contribution in [-0.4, -0.2) is 68.8 Å². The van der Waals surface area contributed by atoms with Crippen molar-refractivity contribution < 1.29 is 45.6 Å². The van der Waals surface area contributed by atoms with E-state index in [0.29, 0.717) is 12.0 Å². The van der Waals surface area contributed by atoms with E-state index >= 15 is 0 Å². The van der Waals surface area contributed by atoms with Crippen molar-refractivity contribution in [1.29, 1.82) is 0 Å². The van der Waals surface area contributed by atoms with Crippen LogP contribution in [0.1, 0.15) is 141 Å². The van der Waals surface area contributed by atoms with Crippen LogP contribution in [0.25, 0.3) is 0 Å². The normalized spacial score (nSPS) is 11.3. The Kier molecular flexibility index (Phi) is 25.4. The molecule has 59 heavy (non-hydrogen) atoms. The largest absolute Gasteiger partial charge is 2.00 e. The van der Waals surface area contributed by atoms with Crippen molar-refractivity contribution in [2.75, 3.05) is 0 Å². The monoisotopic (exact) mass is 878 g/mol. The molecule has 0 radical (unpaired) electrons. The summed E-state index contributed by atoms with van der Waals surface area (Å²) in [6.07, 6.45) is 23.7. The zero-order valence-corrected chi connectivity index (χ0v) is 38.8. The van der Waals surface area contributed by atoms with Crippen LogP contribution in [0.3, 0.4) is 0 Å². The third kappa shape index (κ3) is 20.5. The van der Waals surface area contributed by atoms with Gasteiger partial charge in [0, 0.05) is 6.07 Å². The molecule has 0 aliphatic rings. The van der Waals surface area contributed by atoms with Crippen molar-refractivity contribution in [2.24, 2.45) is 0 Å². The standard InChI is InChI=1S/2C23H32O5S.Ca/c2*1-2-3-4-5-6-7-8-9-10-13-19-14-11-17-22(23(19)24)28-20-15-12-16-21(18-20)29(25,26)27;/h2*11-12,14-18,24H,2-10,13H2,1H3,(H,25,26,27);/q;;+2/p-2. The van der Waals surface area contributed by atoms with Gasteiger partial charge in [-0.25, -0.2) is 8.42 Å². The third-order valence-electron chi connectivity index (χ3n) is 9.90. The van der Waals surface area contributed by atoms with Gasteiger partial charge in [0.05, 0.1) is 9.79 Å². The van der Waals surface area contributed by atoms with Crippen LogP contribution in [0.4, 0.5) is 0 Å². The Balaban J connectivity index is 0.000000400.